The van der Waals surface area contributed by atoms with Crippen LogP contribution in [0.25, 0.3) is 0 Å². The van der Waals surface area contributed by atoms with Crippen molar-refractivity contribution in [1.29, 1.82) is 0 Å². The Morgan fingerprint density at radius 1 is 1.73 bits per heavy atom. The first-order chi connectivity index (χ1) is 5.29. The van der Waals surface area contributed by atoms with Gasteiger partial charge in [-0.2, -0.15) is 0 Å². The molecule has 0 fully saturated rings. The molecule has 0 aromatic rings. The SMILES string of the molecule is C=C=CC1C(C)=CC1CCC. The van der Waals surface area contributed by atoms with E-state index in [4.69, 9.17) is 0 Å². The molecule has 60 valence electrons. The third-order valence-corrected chi connectivity index (χ3v) is 2.38. The molecule has 0 heteroatoms. The monoisotopic (exact) mass is 148 g/mol. The molecular weight excluding hydrogens is 132 g/mol. The van der Waals surface area contributed by atoms with Crippen LogP contribution in [0, 0.1) is 11.8 Å². The molecule has 2 atom stereocenters. The summed E-state index contributed by atoms with van der Waals surface area (Å²) >= 11 is 0. The number of hydrogen-bond donors (Lipinski definition) is 0. The molecule has 0 radical (unpaired) electrons. The maximum atomic E-state index is 3.60. The number of allylic oxidation sites excluding steroid dienone is 3. The van der Waals surface area contributed by atoms with Crippen molar-refractivity contribution in [3.63, 3.8) is 0 Å². The third kappa shape index (κ3) is 1.64. The van der Waals surface area contributed by atoms with Crippen LogP contribution in [0.4, 0.5) is 0 Å². The molecule has 0 N–H and O–H groups in total. The first-order valence-corrected chi connectivity index (χ1v) is 4.33. The van der Waals surface area contributed by atoms with Gasteiger partial charge in [0.05, 0.1) is 0 Å². The first-order valence-electron chi connectivity index (χ1n) is 4.33. The lowest BCUT2D eigenvalue weighted by atomic mass is 9.73. The predicted molar refractivity (Wildman–Crippen MR) is 49.4 cm³/mol. The number of rotatable bonds is 3. The van der Waals surface area contributed by atoms with Crippen molar-refractivity contribution < 1.29 is 0 Å². The Kier molecular flexibility index (Phi) is 2.73. The van der Waals surface area contributed by atoms with Crippen LogP contribution in [-0.4, -0.2) is 0 Å². The highest BCUT2D eigenvalue weighted by molar-refractivity contribution is 5.25. The summed E-state index contributed by atoms with van der Waals surface area (Å²) in [6, 6.07) is 0. The van der Waals surface area contributed by atoms with E-state index in [-0.39, 0.29) is 0 Å². The Bertz CT molecular complexity index is 204. The fourth-order valence-electron chi connectivity index (χ4n) is 1.75. The average molecular weight is 148 g/mol. The largest absolute Gasteiger partial charge is 0.132 e. The molecule has 0 bridgehead atoms. The van der Waals surface area contributed by atoms with E-state index in [1.54, 1.807) is 0 Å². The fraction of sp³-hybridized carbons (Fsp3) is 0.545. The molecule has 1 aliphatic rings. The van der Waals surface area contributed by atoms with E-state index in [1.165, 1.54) is 18.4 Å². The van der Waals surface area contributed by atoms with Gasteiger partial charge in [0.1, 0.15) is 0 Å². The molecular formula is C11H16. The van der Waals surface area contributed by atoms with E-state index in [9.17, 15) is 0 Å². The maximum Gasteiger partial charge on any atom is 0.0113 e. The second-order valence-electron chi connectivity index (χ2n) is 3.26. The summed E-state index contributed by atoms with van der Waals surface area (Å²) < 4.78 is 0. The lowest BCUT2D eigenvalue weighted by molar-refractivity contribution is 0.433. The maximum absolute atomic E-state index is 3.60. The zero-order valence-electron chi connectivity index (χ0n) is 7.43. The van der Waals surface area contributed by atoms with Crippen LogP contribution in [-0.2, 0) is 0 Å². The molecule has 0 amide bonds. The third-order valence-electron chi connectivity index (χ3n) is 2.38. The van der Waals surface area contributed by atoms with E-state index >= 15 is 0 Å². The molecule has 0 aliphatic heterocycles. The molecule has 0 saturated heterocycles. The highest BCUT2D eigenvalue weighted by atomic mass is 14.3. The molecule has 11 heavy (non-hydrogen) atoms. The van der Waals surface area contributed by atoms with Crippen LogP contribution in [0.2, 0.25) is 0 Å². The lowest BCUT2D eigenvalue weighted by Crippen LogP contribution is -2.21. The Morgan fingerprint density at radius 3 is 2.91 bits per heavy atom. The molecule has 2 unspecified atom stereocenters. The predicted octanol–water partition coefficient (Wildman–Crippen LogP) is 3.32. The second-order valence-corrected chi connectivity index (χ2v) is 3.26. The quantitative estimate of drug-likeness (QED) is 0.425. The summed E-state index contributed by atoms with van der Waals surface area (Å²) in [4.78, 5) is 0. The number of hydrogen-bond acceptors (Lipinski definition) is 0. The summed E-state index contributed by atoms with van der Waals surface area (Å²) in [5.74, 6) is 1.42. The summed E-state index contributed by atoms with van der Waals surface area (Å²) in [5, 5.41) is 0. The van der Waals surface area contributed by atoms with E-state index in [0.717, 1.165) is 5.92 Å². The average Bonchev–Trinajstić information content (AvgIpc) is 2.00. The Balaban J connectivity index is 2.54. The topological polar surface area (TPSA) is 0 Å². The van der Waals surface area contributed by atoms with Gasteiger partial charge in [-0.3, -0.25) is 0 Å². The van der Waals surface area contributed by atoms with Gasteiger partial charge >= 0.3 is 0 Å². The minimum absolute atomic E-state index is 0.646. The zero-order valence-corrected chi connectivity index (χ0v) is 7.43. The molecule has 0 nitrogen and oxygen atoms in total. The van der Waals surface area contributed by atoms with Gasteiger partial charge in [0.25, 0.3) is 0 Å². The Labute approximate surface area is 69.3 Å². The minimum atomic E-state index is 0.646. The van der Waals surface area contributed by atoms with Gasteiger partial charge in [-0.1, -0.05) is 31.6 Å². The standard InChI is InChI=1S/C11H16/c1-4-6-10-8-9(3)11(10)7-5-2/h7-8,10-11H,2,4,6H2,1,3H3. The van der Waals surface area contributed by atoms with Crippen molar-refractivity contribution in [2.45, 2.75) is 26.7 Å². The van der Waals surface area contributed by atoms with Crippen LogP contribution in [0.15, 0.2) is 30.0 Å². The van der Waals surface area contributed by atoms with Gasteiger partial charge in [-0.05, 0) is 25.3 Å². The van der Waals surface area contributed by atoms with Gasteiger partial charge in [0.2, 0.25) is 0 Å². The van der Waals surface area contributed by atoms with Crippen LogP contribution < -0.4 is 0 Å². The van der Waals surface area contributed by atoms with E-state index in [2.05, 4.69) is 38.3 Å². The van der Waals surface area contributed by atoms with Crippen LogP contribution in [0.3, 0.4) is 0 Å². The van der Waals surface area contributed by atoms with E-state index in [1.807, 2.05) is 0 Å². The van der Waals surface area contributed by atoms with Gasteiger partial charge in [-0.25, -0.2) is 0 Å². The summed E-state index contributed by atoms with van der Waals surface area (Å²) in [5.41, 5.74) is 4.36. The van der Waals surface area contributed by atoms with Crippen molar-refractivity contribution in [3.8, 4) is 0 Å². The van der Waals surface area contributed by atoms with E-state index < -0.39 is 0 Å². The van der Waals surface area contributed by atoms with Crippen molar-refractivity contribution >= 4 is 0 Å². The molecule has 0 aromatic carbocycles. The smallest absolute Gasteiger partial charge is 0.0113 e. The van der Waals surface area contributed by atoms with Crippen LogP contribution in [0.1, 0.15) is 26.7 Å². The molecule has 0 spiro atoms. The van der Waals surface area contributed by atoms with Crippen molar-refractivity contribution in [2.24, 2.45) is 11.8 Å². The fourth-order valence-corrected chi connectivity index (χ4v) is 1.75. The first kappa shape index (κ1) is 8.36. The van der Waals surface area contributed by atoms with E-state index in [0.29, 0.717) is 5.92 Å². The van der Waals surface area contributed by atoms with Gasteiger partial charge in [0, 0.05) is 5.92 Å². The van der Waals surface area contributed by atoms with Crippen molar-refractivity contribution in [3.05, 3.63) is 30.0 Å². The lowest BCUT2D eigenvalue weighted by Gasteiger charge is -2.31. The molecule has 1 aliphatic carbocycles. The van der Waals surface area contributed by atoms with Crippen molar-refractivity contribution in [2.75, 3.05) is 0 Å². The second kappa shape index (κ2) is 3.59. The minimum Gasteiger partial charge on any atom is -0.132 e. The molecule has 0 aromatic heterocycles. The molecule has 0 saturated carbocycles. The van der Waals surface area contributed by atoms with Crippen LogP contribution >= 0.6 is 0 Å². The Hall–Kier alpha value is -0.740. The highest BCUT2D eigenvalue weighted by Gasteiger charge is 2.25. The molecule has 1 rings (SSSR count). The summed E-state index contributed by atoms with van der Waals surface area (Å²) in [6.07, 6.45) is 7.04. The van der Waals surface area contributed by atoms with Gasteiger partial charge in [-0.15, -0.1) is 5.73 Å². The van der Waals surface area contributed by atoms with Crippen molar-refractivity contribution in [1.82, 2.24) is 0 Å². The van der Waals surface area contributed by atoms with Crippen LogP contribution in [0.5, 0.6) is 0 Å². The zero-order chi connectivity index (χ0) is 8.27. The Morgan fingerprint density at radius 2 is 2.45 bits per heavy atom. The summed E-state index contributed by atoms with van der Waals surface area (Å²) in [6.45, 7) is 8.02. The highest BCUT2D eigenvalue weighted by Crippen LogP contribution is 2.36. The van der Waals surface area contributed by atoms with Gasteiger partial charge in [0.15, 0.2) is 0 Å². The van der Waals surface area contributed by atoms with Gasteiger partial charge < -0.3 is 0 Å². The molecule has 0 heterocycles. The normalized spacial score (nSPS) is 28.4. The summed E-state index contributed by atoms with van der Waals surface area (Å²) in [7, 11) is 0.